The lowest BCUT2D eigenvalue weighted by Gasteiger charge is -2.25. The van der Waals surface area contributed by atoms with E-state index in [1.165, 1.54) is 11.3 Å². The highest BCUT2D eigenvalue weighted by Crippen LogP contribution is 2.24. The molecular weight excluding hydrogens is 262 g/mol. The van der Waals surface area contributed by atoms with Gasteiger partial charge in [0.05, 0.1) is 12.3 Å². The Morgan fingerprint density at radius 2 is 2.41 bits per heavy atom. The maximum absolute atomic E-state index is 11.0. The minimum absolute atomic E-state index is 0. The highest BCUT2D eigenvalue weighted by Gasteiger charge is 2.21. The smallest absolute Gasteiger partial charge is 0.277 e. The van der Waals surface area contributed by atoms with Crippen molar-refractivity contribution in [2.75, 3.05) is 26.8 Å². The number of nitrogens with zero attached hydrogens (tertiary/aromatic N) is 2. The molecule has 0 aliphatic carbocycles. The highest BCUT2D eigenvalue weighted by atomic mass is 35.5. The van der Waals surface area contributed by atoms with Crippen LogP contribution in [0.4, 0.5) is 0 Å². The Labute approximate surface area is 110 Å². The van der Waals surface area contributed by atoms with Gasteiger partial charge in [-0.25, -0.2) is 4.98 Å². The first kappa shape index (κ1) is 14.4. The fourth-order valence-electron chi connectivity index (χ4n) is 1.77. The minimum atomic E-state index is -0.428. The van der Waals surface area contributed by atoms with Crippen molar-refractivity contribution < 1.29 is 9.53 Å². The number of nitrogens with two attached hydrogens (primary N) is 1. The molecule has 17 heavy (non-hydrogen) atoms. The Bertz CT molecular complexity index is 397. The molecule has 0 saturated carbocycles. The van der Waals surface area contributed by atoms with E-state index in [0.717, 1.165) is 43.2 Å². The number of hydrogen-bond acceptors (Lipinski definition) is 5. The van der Waals surface area contributed by atoms with Crippen molar-refractivity contribution in [2.45, 2.75) is 13.0 Å². The van der Waals surface area contributed by atoms with Gasteiger partial charge in [0.25, 0.3) is 5.91 Å². The molecule has 2 heterocycles. The maximum Gasteiger partial charge on any atom is 0.277 e. The quantitative estimate of drug-likeness (QED) is 0.878. The summed E-state index contributed by atoms with van der Waals surface area (Å²) in [4.78, 5) is 18.7. The van der Waals surface area contributed by atoms with Crippen LogP contribution in [0.3, 0.4) is 0 Å². The first-order valence-corrected chi connectivity index (χ1v) is 6.02. The van der Waals surface area contributed by atoms with Crippen LogP contribution < -0.4 is 5.73 Å². The van der Waals surface area contributed by atoms with Crippen LogP contribution in [0.15, 0.2) is 0 Å². The molecule has 2 N–H and O–H groups in total. The van der Waals surface area contributed by atoms with Crippen molar-refractivity contribution in [3.05, 3.63) is 15.6 Å². The van der Waals surface area contributed by atoms with Gasteiger partial charge in [-0.2, -0.15) is 0 Å². The molecular formula is C10H16ClN3O2S. The predicted octanol–water partition coefficient (Wildman–Crippen LogP) is 0.668. The lowest BCUT2D eigenvalue weighted by molar-refractivity contribution is 0.0999. The lowest BCUT2D eigenvalue weighted by atomic mass is 10.2. The Kier molecular flexibility index (Phi) is 5.32. The van der Waals surface area contributed by atoms with E-state index in [1.54, 1.807) is 7.11 Å². The number of methoxy groups -OCH3 is 1. The summed E-state index contributed by atoms with van der Waals surface area (Å²) in [5, 5.41) is 0.429. The van der Waals surface area contributed by atoms with E-state index in [4.69, 9.17) is 10.5 Å². The number of halogens is 1. The predicted molar refractivity (Wildman–Crippen MR) is 68.7 cm³/mol. The Hall–Kier alpha value is -0.690. The van der Waals surface area contributed by atoms with Crippen LogP contribution in [-0.4, -0.2) is 42.6 Å². The topological polar surface area (TPSA) is 68.4 Å². The van der Waals surface area contributed by atoms with E-state index >= 15 is 0 Å². The SMILES string of the molecule is COCCN1CCc2nc(C(N)=O)sc2C1.Cl. The third-order valence-electron chi connectivity index (χ3n) is 2.63. The van der Waals surface area contributed by atoms with Crippen LogP contribution in [0.25, 0.3) is 0 Å². The molecule has 7 heteroatoms. The van der Waals surface area contributed by atoms with Gasteiger partial charge in [0.2, 0.25) is 0 Å². The number of hydrogen-bond donors (Lipinski definition) is 1. The molecule has 0 atom stereocenters. The third-order valence-corrected chi connectivity index (χ3v) is 3.73. The van der Waals surface area contributed by atoms with Crippen LogP contribution in [0.5, 0.6) is 0 Å². The summed E-state index contributed by atoms with van der Waals surface area (Å²) in [7, 11) is 1.70. The maximum atomic E-state index is 11.0. The first-order chi connectivity index (χ1) is 7.70. The molecule has 2 rings (SSSR count). The Morgan fingerprint density at radius 1 is 1.65 bits per heavy atom. The molecule has 0 saturated heterocycles. The fraction of sp³-hybridized carbons (Fsp3) is 0.600. The second kappa shape index (κ2) is 6.30. The highest BCUT2D eigenvalue weighted by molar-refractivity contribution is 7.13. The van der Waals surface area contributed by atoms with Gasteiger partial charge < -0.3 is 10.5 Å². The summed E-state index contributed by atoms with van der Waals surface area (Å²) in [5.74, 6) is -0.428. The standard InChI is InChI=1S/C10H15N3O2S.ClH/c1-15-5-4-13-3-2-7-8(6-13)16-10(12-7)9(11)14;/h2-6H2,1H3,(H2,11,14);1H. The molecule has 0 aromatic carbocycles. The molecule has 1 aromatic rings. The summed E-state index contributed by atoms with van der Waals surface area (Å²) >= 11 is 1.41. The number of carbonyl (C=O) groups excluding carboxylic acids is 1. The number of rotatable bonds is 4. The summed E-state index contributed by atoms with van der Waals surface area (Å²) in [5.41, 5.74) is 6.25. The van der Waals surface area contributed by atoms with Gasteiger partial charge in [0.15, 0.2) is 5.01 Å². The number of ether oxygens (including phenoxy) is 1. The average Bonchev–Trinajstić information content (AvgIpc) is 2.69. The molecule has 5 nitrogen and oxygen atoms in total. The zero-order chi connectivity index (χ0) is 11.5. The van der Waals surface area contributed by atoms with Crippen molar-refractivity contribution >= 4 is 29.7 Å². The number of fused-ring (bicyclic) bond motifs is 1. The zero-order valence-corrected chi connectivity index (χ0v) is 11.3. The van der Waals surface area contributed by atoms with Crippen LogP contribution in [0, 0.1) is 0 Å². The van der Waals surface area contributed by atoms with E-state index in [2.05, 4.69) is 9.88 Å². The summed E-state index contributed by atoms with van der Waals surface area (Å²) < 4.78 is 5.05. The van der Waals surface area contributed by atoms with Crippen LogP contribution in [-0.2, 0) is 17.7 Å². The first-order valence-electron chi connectivity index (χ1n) is 5.20. The normalized spacial score (nSPS) is 15.1. The van der Waals surface area contributed by atoms with Crippen molar-refractivity contribution in [3.8, 4) is 0 Å². The van der Waals surface area contributed by atoms with Gasteiger partial charge in [-0.3, -0.25) is 9.69 Å². The number of thiazole rings is 1. The van der Waals surface area contributed by atoms with E-state index < -0.39 is 5.91 Å². The zero-order valence-electron chi connectivity index (χ0n) is 9.64. The van der Waals surface area contributed by atoms with Gasteiger partial charge in [0, 0.05) is 38.0 Å². The van der Waals surface area contributed by atoms with Crippen LogP contribution in [0.2, 0.25) is 0 Å². The van der Waals surface area contributed by atoms with E-state index in [9.17, 15) is 4.79 Å². The van der Waals surface area contributed by atoms with Crippen molar-refractivity contribution in [2.24, 2.45) is 5.73 Å². The summed E-state index contributed by atoms with van der Waals surface area (Å²) in [6.07, 6.45) is 0.892. The van der Waals surface area contributed by atoms with Crippen LogP contribution >= 0.6 is 23.7 Å². The average molecular weight is 278 g/mol. The van der Waals surface area contributed by atoms with Gasteiger partial charge in [-0.1, -0.05) is 0 Å². The molecule has 1 amide bonds. The van der Waals surface area contributed by atoms with E-state index in [0.29, 0.717) is 5.01 Å². The van der Waals surface area contributed by atoms with Gasteiger partial charge in [-0.05, 0) is 0 Å². The largest absolute Gasteiger partial charge is 0.383 e. The van der Waals surface area contributed by atoms with Gasteiger partial charge in [-0.15, -0.1) is 23.7 Å². The number of primary amides is 1. The lowest BCUT2D eigenvalue weighted by Crippen LogP contribution is -2.32. The van der Waals surface area contributed by atoms with Gasteiger partial charge in [0.1, 0.15) is 0 Å². The molecule has 0 fully saturated rings. The Morgan fingerprint density at radius 3 is 3.06 bits per heavy atom. The van der Waals surface area contributed by atoms with Crippen molar-refractivity contribution in [1.82, 2.24) is 9.88 Å². The second-order valence-corrected chi connectivity index (χ2v) is 4.86. The Balaban J connectivity index is 0.00000144. The number of aromatic nitrogens is 1. The molecule has 1 aliphatic heterocycles. The van der Waals surface area contributed by atoms with Crippen LogP contribution in [0.1, 0.15) is 20.4 Å². The molecule has 0 unspecified atom stereocenters. The monoisotopic (exact) mass is 277 g/mol. The van der Waals surface area contributed by atoms with E-state index in [1.807, 2.05) is 0 Å². The van der Waals surface area contributed by atoms with E-state index in [-0.39, 0.29) is 12.4 Å². The molecule has 96 valence electrons. The summed E-state index contributed by atoms with van der Waals surface area (Å²) in [6.45, 7) is 3.47. The third kappa shape index (κ3) is 3.38. The molecule has 0 bridgehead atoms. The van der Waals surface area contributed by atoms with Crippen molar-refractivity contribution in [3.63, 3.8) is 0 Å². The van der Waals surface area contributed by atoms with Gasteiger partial charge >= 0.3 is 0 Å². The number of amides is 1. The fourth-order valence-corrected chi connectivity index (χ4v) is 2.77. The molecule has 0 spiro atoms. The molecule has 1 aromatic heterocycles. The number of carbonyl (C=O) groups is 1. The summed E-state index contributed by atoms with van der Waals surface area (Å²) in [6, 6.07) is 0. The molecule has 0 radical (unpaired) electrons. The minimum Gasteiger partial charge on any atom is -0.383 e. The second-order valence-electron chi connectivity index (χ2n) is 3.77. The van der Waals surface area contributed by atoms with Crippen molar-refractivity contribution in [1.29, 1.82) is 0 Å². The molecule has 1 aliphatic rings.